The largest absolute Gasteiger partial charge is 0.497 e. The number of alkyl halides is 2. The van der Waals surface area contributed by atoms with Gasteiger partial charge in [0.15, 0.2) is 5.96 Å². The van der Waals surface area contributed by atoms with Crippen LogP contribution in [0.5, 0.6) is 11.5 Å². The van der Waals surface area contributed by atoms with Gasteiger partial charge in [-0.3, -0.25) is 4.68 Å². The van der Waals surface area contributed by atoms with Crippen LogP contribution in [0.4, 0.5) is 8.78 Å². The van der Waals surface area contributed by atoms with Crippen LogP contribution in [0.2, 0.25) is 0 Å². The summed E-state index contributed by atoms with van der Waals surface area (Å²) in [5.41, 5.74) is 0.487. The third-order valence-corrected chi connectivity index (χ3v) is 3.45. The number of aryl methyl sites for hydroxylation is 1. The van der Waals surface area contributed by atoms with Crippen molar-refractivity contribution in [2.45, 2.75) is 26.6 Å². The zero-order chi connectivity index (χ0) is 18.9. The predicted octanol–water partition coefficient (Wildman–Crippen LogP) is 1.68. The summed E-state index contributed by atoms with van der Waals surface area (Å²) < 4.78 is 36.5. The van der Waals surface area contributed by atoms with E-state index < -0.39 is 6.61 Å². The molecule has 0 amide bonds. The zero-order valence-electron chi connectivity index (χ0n) is 14.9. The second kappa shape index (κ2) is 9.54. The van der Waals surface area contributed by atoms with Gasteiger partial charge in [0.2, 0.25) is 0 Å². The van der Waals surface area contributed by atoms with Crippen LogP contribution >= 0.6 is 0 Å². The molecular weight excluding hydrogens is 346 g/mol. The molecule has 0 atom stereocenters. The first-order valence-electron chi connectivity index (χ1n) is 8.00. The third-order valence-electron chi connectivity index (χ3n) is 3.45. The van der Waals surface area contributed by atoms with E-state index in [1.807, 2.05) is 6.92 Å². The first-order chi connectivity index (χ1) is 12.5. The zero-order valence-corrected chi connectivity index (χ0v) is 14.9. The smallest absolute Gasteiger partial charge is 0.387 e. The molecule has 1 aromatic heterocycles. The number of guanidine groups is 1. The van der Waals surface area contributed by atoms with Crippen molar-refractivity contribution >= 4 is 5.96 Å². The van der Waals surface area contributed by atoms with Gasteiger partial charge in [-0.2, -0.15) is 13.9 Å². The molecule has 10 heteroatoms. The molecule has 2 N–H and O–H groups in total. The van der Waals surface area contributed by atoms with Crippen LogP contribution in [-0.4, -0.2) is 41.0 Å². The molecule has 0 aliphatic rings. The summed E-state index contributed by atoms with van der Waals surface area (Å²) in [6, 6.07) is 4.62. The minimum Gasteiger partial charge on any atom is -0.497 e. The van der Waals surface area contributed by atoms with Crippen molar-refractivity contribution in [1.82, 2.24) is 25.4 Å². The first-order valence-corrected chi connectivity index (χ1v) is 8.00. The van der Waals surface area contributed by atoms with Crippen molar-refractivity contribution in [2.24, 2.45) is 12.0 Å². The van der Waals surface area contributed by atoms with Crippen molar-refractivity contribution in [2.75, 3.05) is 13.7 Å². The highest BCUT2D eigenvalue weighted by Crippen LogP contribution is 2.26. The lowest BCUT2D eigenvalue weighted by molar-refractivity contribution is -0.0504. The highest BCUT2D eigenvalue weighted by atomic mass is 19.3. The lowest BCUT2D eigenvalue weighted by atomic mass is 10.2. The van der Waals surface area contributed by atoms with E-state index in [-0.39, 0.29) is 12.3 Å². The number of ether oxygens (including phenoxy) is 2. The van der Waals surface area contributed by atoms with E-state index in [2.05, 4.69) is 30.4 Å². The first kappa shape index (κ1) is 19.4. The van der Waals surface area contributed by atoms with Gasteiger partial charge in [0.25, 0.3) is 0 Å². The maximum Gasteiger partial charge on any atom is 0.387 e. The van der Waals surface area contributed by atoms with Crippen LogP contribution in [0.25, 0.3) is 0 Å². The molecule has 142 valence electrons. The van der Waals surface area contributed by atoms with Gasteiger partial charge < -0.3 is 20.1 Å². The molecule has 0 radical (unpaired) electrons. The number of hydrogen-bond donors (Lipinski definition) is 2. The molecule has 1 heterocycles. The fraction of sp³-hybridized carbons (Fsp3) is 0.438. The summed E-state index contributed by atoms with van der Waals surface area (Å²) in [6.45, 7) is 0.210. The fourth-order valence-electron chi connectivity index (χ4n) is 2.17. The molecule has 1 aromatic carbocycles. The Morgan fingerprint density at radius 3 is 2.77 bits per heavy atom. The van der Waals surface area contributed by atoms with Crippen LogP contribution < -0.4 is 20.1 Å². The molecule has 0 saturated heterocycles. The van der Waals surface area contributed by atoms with Crippen molar-refractivity contribution in [3.63, 3.8) is 0 Å². The highest BCUT2D eigenvalue weighted by Gasteiger charge is 2.11. The molecule has 0 spiro atoms. The Labute approximate surface area is 150 Å². The number of nitrogens with zero attached hydrogens (tertiary/aromatic N) is 4. The number of nitrogens with one attached hydrogen (secondary N) is 2. The van der Waals surface area contributed by atoms with E-state index in [4.69, 9.17) is 4.74 Å². The minimum atomic E-state index is -2.91. The Bertz CT molecular complexity index is 735. The van der Waals surface area contributed by atoms with Gasteiger partial charge in [-0.1, -0.05) is 0 Å². The molecule has 0 unspecified atom stereocenters. The molecule has 0 fully saturated rings. The van der Waals surface area contributed by atoms with Crippen molar-refractivity contribution in [3.8, 4) is 11.5 Å². The van der Waals surface area contributed by atoms with Crippen LogP contribution in [0.1, 0.15) is 18.3 Å². The quantitative estimate of drug-likeness (QED) is 0.545. The van der Waals surface area contributed by atoms with E-state index in [0.29, 0.717) is 30.4 Å². The maximum atomic E-state index is 12.6. The Kier molecular flexibility index (Phi) is 7.12. The van der Waals surface area contributed by atoms with E-state index in [1.165, 1.54) is 19.5 Å². The number of halogens is 2. The summed E-state index contributed by atoms with van der Waals surface area (Å²) in [5.74, 6) is 1.85. The van der Waals surface area contributed by atoms with E-state index in [0.717, 1.165) is 5.82 Å². The normalized spacial score (nSPS) is 11.5. The average Bonchev–Trinajstić information content (AvgIpc) is 3.03. The monoisotopic (exact) mass is 368 g/mol. The van der Waals surface area contributed by atoms with Gasteiger partial charge in [-0.25, -0.2) is 9.98 Å². The SMILES string of the molecule is CCNC(=NCc1cc(OC)ccc1OC(F)F)NCc1ncnn1C. The standard InChI is InChI=1S/C16H22F2N6O2/c1-4-19-16(21-9-14-22-10-23-24(14)2)20-8-11-7-12(25-3)5-6-13(11)26-15(17)18/h5-7,10,15H,4,8-9H2,1-3H3,(H2,19,20,21). The number of hydrogen-bond acceptors (Lipinski definition) is 5. The number of rotatable bonds is 8. The topological polar surface area (TPSA) is 85.6 Å². The summed E-state index contributed by atoms with van der Waals surface area (Å²) in [4.78, 5) is 8.54. The third kappa shape index (κ3) is 5.57. The van der Waals surface area contributed by atoms with Gasteiger partial charge in [-0.05, 0) is 25.1 Å². The van der Waals surface area contributed by atoms with Gasteiger partial charge in [0.05, 0.1) is 20.2 Å². The molecule has 0 bridgehead atoms. The van der Waals surface area contributed by atoms with Crippen LogP contribution in [0.15, 0.2) is 29.5 Å². The molecular formula is C16H22F2N6O2. The molecule has 2 rings (SSSR count). The lowest BCUT2D eigenvalue weighted by Gasteiger charge is -2.13. The summed E-state index contributed by atoms with van der Waals surface area (Å²) in [7, 11) is 3.29. The summed E-state index contributed by atoms with van der Waals surface area (Å²) in [6.07, 6.45) is 1.46. The lowest BCUT2D eigenvalue weighted by Crippen LogP contribution is -2.37. The Morgan fingerprint density at radius 2 is 2.15 bits per heavy atom. The highest BCUT2D eigenvalue weighted by molar-refractivity contribution is 5.79. The van der Waals surface area contributed by atoms with Crippen LogP contribution in [0.3, 0.4) is 0 Å². The van der Waals surface area contributed by atoms with Crippen molar-refractivity contribution in [3.05, 3.63) is 35.9 Å². The second-order valence-electron chi connectivity index (χ2n) is 5.20. The number of methoxy groups -OCH3 is 1. The van der Waals surface area contributed by atoms with Gasteiger partial charge >= 0.3 is 6.61 Å². The van der Waals surface area contributed by atoms with Gasteiger partial charge in [0.1, 0.15) is 23.7 Å². The number of aromatic nitrogens is 3. The van der Waals surface area contributed by atoms with E-state index in [1.54, 1.807) is 23.9 Å². The molecule has 0 saturated carbocycles. The summed E-state index contributed by atoms with van der Waals surface area (Å²) in [5, 5.41) is 10.2. The number of benzene rings is 1. The number of aliphatic imine (C=N–C) groups is 1. The Morgan fingerprint density at radius 1 is 1.35 bits per heavy atom. The minimum absolute atomic E-state index is 0.0636. The van der Waals surface area contributed by atoms with Gasteiger partial charge in [0, 0.05) is 19.2 Å². The molecule has 0 aliphatic heterocycles. The molecule has 26 heavy (non-hydrogen) atoms. The van der Waals surface area contributed by atoms with Crippen molar-refractivity contribution in [1.29, 1.82) is 0 Å². The maximum absolute atomic E-state index is 12.6. The molecule has 8 nitrogen and oxygen atoms in total. The van der Waals surface area contributed by atoms with Crippen LogP contribution in [-0.2, 0) is 20.1 Å². The van der Waals surface area contributed by atoms with Crippen molar-refractivity contribution < 1.29 is 18.3 Å². The second-order valence-corrected chi connectivity index (χ2v) is 5.20. The Balaban J connectivity index is 2.13. The fourth-order valence-corrected chi connectivity index (χ4v) is 2.17. The van der Waals surface area contributed by atoms with Crippen LogP contribution in [0, 0.1) is 0 Å². The summed E-state index contributed by atoms with van der Waals surface area (Å²) >= 11 is 0. The van der Waals surface area contributed by atoms with E-state index in [9.17, 15) is 8.78 Å². The molecule has 0 aliphatic carbocycles. The van der Waals surface area contributed by atoms with E-state index >= 15 is 0 Å². The predicted molar refractivity (Wildman–Crippen MR) is 92.3 cm³/mol. The Hall–Kier alpha value is -2.91. The average molecular weight is 368 g/mol. The van der Waals surface area contributed by atoms with Gasteiger partial charge in [-0.15, -0.1) is 0 Å². The molecule has 2 aromatic rings.